The molecule has 0 amide bonds. The van der Waals surface area contributed by atoms with Gasteiger partial charge in [-0.1, -0.05) is 6.07 Å². The molecule has 3 N–H and O–H groups in total. The Morgan fingerprint density at radius 2 is 1.93 bits per heavy atom. The molecule has 1 fully saturated rings. The molecule has 30 heavy (non-hydrogen) atoms. The Hall–Kier alpha value is -3.45. The summed E-state index contributed by atoms with van der Waals surface area (Å²) in [5, 5.41) is 13.5. The highest BCUT2D eigenvalue weighted by Crippen LogP contribution is 2.33. The number of imidazole rings is 1. The van der Waals surface area contributed by atoms with Crippen molar-refractivity contribution in [1.29, 1.82) is 0 Å². The van der Waals surface area contributed by atoms with Gasteiger partial charge < -0.3 is 14.9 Å². The van der Waals surface area contributed by atoms with E-state index in [-0.39, 0.29) is 0 Å². The smallest absolute Gasteiger partial charge is 0.139 e. The number of nitrogens with zero attached hydrogens (tertiary/aromatic N) is 4. The van der Waals surface area contributed by atoms with Crippen LogP contribution in [0.4, 0.5) is 0 Å². The zero-order chi connectivity index (χ0) is 20.1. The standard InChI is InChI=1S/C23H23N7/c1-14-12-30(13-26-14)21-6-9-25-23-18(21)11-20(27-23)22-17-10-16(2-3-19(17)28-29-22)15-4-7-24-8-5-15/h2-3,6,9-13,15,24H,4-5,7-8H2,1H3,(H,25,27)(H,28,29). The number of rotatable bonds is 3. The first-order chi connectivity index (χ1) is 14.8. The third kappa shape index (κ3) is 2.81. The lowest BCUT2D eigenvalue weighted by Crippen LogP contribution is -2.26. The average Bonchev–Trinajstić information content (AvgIpc) is 3.51. The maximum absolute atomic E-state index is 4.64. The number of aromatic amines is 2. The fourth-order valence-electron chi connectivity index (χ4n) is 4.56. The van der Waals surface area contributed by atoms with Crippen molar-refractivity contribution in [2.45, 2.75) is 25.7 Å². The van der Waals surface area contributed by atoms with E-state index in [1.54, 1.807) is 0 Å². The van der Waals surface area contributed by atoms with Crippen LogP contribution in [0.2, 0.25) is 0 Å². The normalized spacial score (nSPS) is 15.4. The van der Waals surface area contributed by atoms with E-state index in [1.807, 2.05) is 36.3 Å². The fraction of sp³-hybridized carbons (Fsp3) is 0.261. The molecule has 0 atom stereocenters. The lowest BCUT2D eigenvalue weighted by molar-refractivity contribution is 0.460. The molecule has 5 aromatic rings. The third-order valence-corrected chi connectivity index (χ3v) is 6.15. The Balaban J connectivity index is 1.47. The summed E-state index contributed by atoms with van der Waals surface area (Å²) in [6, 6.07) is 10.9. The monoisotopic (exact) mass is 397 g/mol. The zero-order valence-corrected chi connectivity index (χ0v) is 16.8. The van der Waals surface area contributed by atoms with Crippen LogP contribution < -0.4 is 5.32 Å². The summed E-state index contributed by atoms with van der Waals surface area (Å²) in [4.78, 5) is 12.4. The molecule has 0 spiro atoms. The van der Waals surface area contributed by atoms with Gasteiger partial charge in [-0.25, -0.2) is 9.97 Å². The summed E-state index contributed by atoms with van der Waals surface area (Å²) in [5.41, 5.74) is 7.24. The third-order valence-electron chi connectivity index (χ3n) is 6.15. The van der Waals surface area contributed by atoms with Crippen molar-refractivity contribution in [3.8, 4) is 17.1 Å². The van der Waals surface area contributed by atoms with Crippen LogP contribution in [0.5, 0.6) is 0 Å². The summed E-state index contributed by atoms with van der Waals surface area (Å²) in [7, 11) is 0. The highest BCUT2D eigenvalue weighted by atomic mass is 15.1. The molecule has 0 aliphatic carbocycles. The Bertz CT molecular complexity index is 1350. The predicted molar refractivity (Wildman–Crippen MR) is 118 cm³/mol. The van der Waals surface area contributed by atoms with Crippen LogP contribution >= 0.6 is 0 Å². The molecule has 1 saturated heterocycles. The first kappa shape index (κ1) is 17.4. The van der Waals surface area contributed by atoms with Crippen molar-refractivity contribution in [2.75, 3.05) is 13.1 Å². The van der Waals surface area contributed by atoms with Gasteiger partial charge in [0.15, 0.2) is 0 Å². The molecule has 0 radical (unpaired) electrons. The van der Waals surface area contributed by atoms with Gasteiger partial charge >= 0.3 is 0 Å². The minimum absolute atomic E-state index is 0.610. The van der Waals surface area contributed by atoms with Gasteiger partial charge in [-0.3, -0.25) is 5.10 Å². The molecule has 0 unspecified atom stereocenters. The second-order valence-corrected chi connectivity index (χ2v) is 8.10. The highest BCUT2D eigenvalue weighted by molar-refractivity contribution is 5.97. The van der Waals surface area contributed by atoms with E-state index in [2.05, 4.69) is 54.7 Å². The highest BCUT2D eigenvalue weighted by Gasteiger charge is 2.18. The lowest BCUT2D eigenvalue weighted by Gasteiger charge is -2.23. The molecule has 0 bridgehead atoms. The lowest BCUT2D eigenvalue weighted by atomic mass is 9.89. The van der Waals surface area contributed by atoms with Crippen LogP contribution in [-0.4, -0.2) is 42.8 Å². The number of hydrogen-bond donors (Lipinski definition) is 3. The zero-order valence-electron chi connectivity index (χ0n) is 16.8. The van der Waals surface area contributed by atoms with Crippen molar-refractivity contribution in [2.24, 2.45) is 0 Å². The van der Waals surface area contributed by atoms with Crippen LogP contribution in [0, 0.1) is 6.92 Å². The molecule has 1 aliphatic heterocycles. The number of nitrogens with one attached hydrogen (secondary N) is 3. The van der Waals surface area contributed by atoms with Crippen molar-refractivity contribution < 1.29 is 0 Å². The molecular formula is C23H23N7. The number of aromatic nitrogens is 6. The number of aryl methyl sites for hydroxylation is 1. The number of H-pyrrole nitrogens is 2. The van der Waals surface area contributed by atoms with E-state index < -0.39 is 0 Å². The van der Waals surface area contributed by atoms with Gasteiger partial charge in [0.25, 0.3) is 0 Å². The van der Waals surface area contributed by atoms with Crippen molar-refractivity contribution in [3.63, 3.8) is 0 Å². The molecular weight excluding hydrogens is 374 g/mol. The maximum atomic E-state index is 4.64. The summed E-state index contributed by atoms with van der Waals surface area (Å²) >= 11 is 0. The number of pyridine rings is 1. The minimum Gasteiger partial charge on any atom is -0.338 e. The van der Waals surface area contributed by atoms with Gasteiger partial charge in [-0.2, -0.15) is 5.10 Å². The Morgan fingerprint density at radius 3 is 2.77 bits per heavy atom. The first-order valence-electron chi connectivity index (χ1n) is 10.4. The van der Waals surface area contributed by atoms with Gasteiger partial charge in [-0.15, -0.1) is 0 Å². The van der Waals surface area contributed by atoms with Crippen molar-refractivity contribution >= 4 is 21.9 Å². The first-order valence-corrected chi connectivity index (χ1v) is 10.4. The van der Waals surface area contributed by atoms with Crippen LogP contribution in [0.15, 0.2) is 49.1 Å². The van der Waals surface area contributed by atoms with E-state index >= 15 is 0 Å². The SMILES string of the molecule is Cc1cn(-c2ccnc3[nH]c(-c4n[nH]c5ccc(C6CCNCC6)cc45)cc23)cn1. The quantitative estimate of drug-likeness (QED) is 0.428. The van der Waals surface area contributed by atoms with Gasteiger partial charge in [0.2, 0.25) is 0 Å². The predicted octanol–water partition coefficient (Wildman–Crippen LogP) is 4.07. The maximum Gasteiger partial charge on any atom is 0.139 e. The van der Waals surface area contributed by atoms with Gasteiger partial charge in [0.1, 0.15) is 11.3 Å². The second kappa shape index (κ2) is 6.81. The molecule has 7 heteroatoms. The Kier molecular flexibility index (Phi) is 3.95. The van der Waals surface area contributed by atoms with E-state index in [4.69, 9.17) is 0 Å². The largest absolute Gasteiger partial charge is 0.338 e. The molecule has 1 aliphatic rings. The van der Waals surface area contributed by atoms with Gasteiger partial charge in [0, 0.05) is 23.2 Å². The van der Waals surface area contributed by atoms with E-state index in [9.17, 15) is 0 Å². The number of piperidine rings is 1. The number of benzene rings is 1. The molecule has 1 aromatic carbocycles. The number of fused-ring (bicyclic) bond motifs is 2. The van der Waals surface area contributed by atoms with Gasteiger partial charge in [-0.05, 0) is 68.6 Å². The van der Waals surface area contributed by atoms with Crippen molar-refractivity contribution in [3.05, 3.63) is 60.3 Å². The number of hydrogen-bond acceptors (Lipinski definition) is 4. The molecule has 4 aromatic heterocycles. The van der Waals surface area contributed by atoms with Crippen LogP contribution in [0.3, 0.4) is 0 Å². The second-order valence-electron chi connectivity index (χ2n) is 8.10. The summed E-state index contributed by atoms with van der Waals surface area (Å²) < 4.78 is 2.04. The topological polar surface area (TPSA) is 87.2 Å². The Labute approximate surface area is 173 Å². The van der Waals surface area contributed by atoms with Crippen LogP contribution in [0.25, 0.3) is 39.0 Å². The average molecular weight is 397 g/mol. The molecule has 0 saturated carbocycles. The molecule has 6 rings (SSSR count). The molecule has 5 heterocycles. The van der Waals surface area contributed by atoms with Crippen LogP contribution in [0.1, 0.15) is 30.0 Å². The van der Waals surface area contributed by atoms with Crippen LogP contribution in [-0.2, 0) is 0 Å². The molecule has 150 valence electrons. The van der Waals surface area contributed by atoms with Gasteiger partial charge in [0.05, 0.1) is 28.9 Å². The summed E-state index contributed by atoms with van der Waals surface area (Å²) in [6.45, 7) is 4.17. The van der Waals surface area contributed by atoms with Crippen molar-refractivity contribution in [1.82, 2.24) is 35.0 Å². The summed E-state index contributed by atoms with van der Waals surface area (Å²) in [6.07, 6.45) is 8.05. The van der Waals surface area contributed by atoms with E-state index in [0.29, 0.717) is 5.92 Å². The fourth-order valence-corrected chi connectivity index (χ4v) is 4.56. The van der Waals surface area contributed by atoms with E-state index in [1.165, 1.54) is 18.4 Å². The molecule has 7 nitrogen and oxygen atoms in total. The summed E-state index contributed by atoms with van der Waals surface area (Å²) in [5.74, 6) is 0.610. The minimum atomic E-state index is 0.610. The Morgan fingerprint density at radius 1 is 1.03 bits per heavy atom. The van der Waals surface area contributed by atoms with E-state index in [0.717, 1.165) is 57.8 Å².